The lowest BCUT2D eigenvalue weighted by molar-refractivity contribution is -0.118. The average Bonchev–Trinajstić information content (AvgIpc) is 3.20. The van der Waals surface area contributed by atoms with Gasteiger partial charge in [-0.3, -0.25) is 14.6 Å². The van der Waals surface area contributed by atoms with E-state index in [1.54, 1.807) is 17.0 Å². The van der Waals surface area contributed by atoms with Gasteiger partial charge in [0, 0.05) is 23.1 Å². The number of nitrogens with two attached hydrogens (primary N) is 2. The van der Waals surface area contributed by atoms with Crippen LogP contribution in [0.25, 0.3) is 11.2 Å². The zero-order valence-corrected chi connectivity index (χ0v) is 18.3. The second kappa shape index (κ2) is 9.62. The van der Waals surface area contributed by atoms with Crippen molar-refractivity contribution in [1.82, 2.24) is 14.6 Å². The number of amides is 1. The third-order valence-electron chi connectivity index (χ3n) is 5.15. The van der Waals surface area contributed by atoms with E-state index in [1.165, 1.54) is 35.1 Å². The van der Waals surface area contributed by atoms with Gasteiger partial charge in [-0.25, -0.2) is 4.39 Å². The molecule has 0 aliphatic rings. The molecule has 4 N–H and O–H groups in total. The first kappa shape index (κ1) is 22.2. The molecule has 2 aromatic carbocycles. The maximum absolute atomic E-state index is 13.7. The van der Waals surface area contributed by atoms with Crippen molar-refractivity contribution in [2.24, 2.45) is 5.73 Å². The monoisotopic (exact) mass is 463 g/mol. The zero-order chi connectivity index (χ0) is 23.4. The first-order valence-corrected chi connectivity index (χ1v) is 10.5. The van der Waals surface area contributed by atoms with E-state index in [1.807, 2.05) is 36.4 Å². The van der Waals surface area contributed by atoms with Gasteiger partial charge in [-0.2, -0.15) is 0 Å². The first-order chi connectivity index (χ1) is 16.0. The number of hydrogen-bond acceptors (Lipinski definition) is 4. The number of aromatic nitrogens is 3. The van der Waals surface area contributed by atoms with Crippen LogP contribution in [0.2, 0.25) is 5.02 Å². The summed E-state index contributed by atoms with van der Waals surface area (Å²) in [5, 5.41) is 14.3. The van der Waals surface area contributed by atoms with Crippen molar-refractivity contribution in [1.29, 1.82) is 0 Å². The van der Waals surface area contributed by atoms with Crippen molar-refractivity contribution >= 4 is 40.6 Å². The SMILES string of the molecule is N/C=C(\C=[NH2+])c1ccc(N(Cc2cccc(Cl)c2)C(=O)Cc2nnc3ccc(F)cn23)cc1. The maximum Gasteiger partial charge on any atom is 0.234 e. The summed E-state index contributed by atoms with van der Waals surface area (Å²) in [6.07, 6.45) is 4.02. The molecule has 0 aliphatic heterocycles. The molecule has 4 rings (SSSR count). The number of halogens is 2. The van der Waals surface area contributed by atoms with Crippen LogP contribution in [-0.4, -0.2) is 26.7 Å². The van der Waals surface area contributed by atoms with E-state index < -0.39 is 5.82 Å². The Morgan fingerprint density at radius 1 is 1.15 bits per heavy atom. The van der Waals surface area contributed by atoms with Gasteiger partial charge < -0.3 is 10.6 Å². The summed E-state index contributed by atoms with van der Waals surface area (Å²) in [4.78, 5) is 15.0. The number of hydrogen-bond donors (Lipinski definition) is 2. The highest BCUT2D eigenvalue weighted by Gasteiger charge is 2.20. The fourth-order valence-electron chi connectivity index (χ4n) is 3.49. The first-order valence-electron chi connectivity index (χ1n) is 10.1. The number of anilines is 1. The van der Waals surface area contributed by atoms with Gasteiger partial charge in [0.2, 0.25) is 5.91 Å². The van der Waals surface area contributed by atoms with E-state index in [0.717, 1.165) is 11.1 Å². The molecule has 0 saturated heterocycles. The molecule has 2 heterocycles. The number of carbonyl (C=O) groups excluding carboxylic acids is 1. The van der Waals surface area contributed by atoms with Crippen LogP contribution in [0.1, 0.15) is 17.0 Å². The predicted octanol–water partition coefficient (Wildman–Crippen LogP) is 2.43. The highest BCUT2D eigenvalue weighted by Crippen LogP contribution is 2.23. The largest absolute Gasteiger partial charge is 0.404 e. The second-order valence-corrected chi connectivity index (χ2v) is 7.75. The minimum absolute atomic E-state index is 0.0720. The minimum Gasteiger partial charge on any atom is -0.404 e. The lowest BCUT2D eigenvalue weighted by Crippen LogP contribution is -2.32. The van der Waals surface area contributed by atoms with E-state index in [4.69, 9.17) is 22.7 Å². The second-order valence-electron chi connectivity index (χ2n) is 7.31. The lowest BCUT2D eigenvalue weighted by atomic mass is 10.1. The fourth-order valence-corrected chi connectivity index (χ4v) is 3.70. The van der Waals surface area contributed by atoms with Gasteiger partial charge in [0.15, 0.2) is 11.9 Å². The van der Waals surface area contributed by atoms with Crippen molar-refractivity contribution in [3.63, 3.8) is 0 Å². The highest BCUT2D eigenvalue weighted by molar-refractivity contribution is 6.30. The third kappa shape index (κ3) is 4.91. The van der Waals surface area contributed by atoms with Crippen LogP contribution in [0.4, 0.5) is 10.1 Å². The number of benzene rings is 2. The Balaban J connectivity index is 1.67. The van der Waals surface area contributed by atoms with Gasteiger partial charge in [-0.05, 0) is 47.5 Å². The summed E-state index contributed by atoms with van der Waals surface area (Å²) < 4.78 is 15.2. The molecule has 0 radical (unpaired) electrons. The summed E-state index contributed by atoms with van der Waals surface area (Å²) in [7, 11) is 0. The van der Waals surface area contributed by atoms with E-state index in [2.05, 4.69) is 10.2 Å². The van der Waals surface area contributed by atoms with Crippen LogP contribution >= 0.6 is 11.6 Å². The van der Waals surface area contributed by atoms with Crippen LogP contribution in [-0.2, 0) is 17.8 Å². The van der Waals surface area contributed by atoms with Gasteiger partial charge >= 0.3 is 0 Å². The highest BCUT2D eigenvalue weighted by atomic mass is 35.5. The molecule has 0 aliphatic carbocycles. The fraction of sp³-hybridized carbons (Fsp3) is 0.0833. The van der Waals surface area contributed by atoms with Crippen molar-refractivity contribution in [2.75, 3.05) is 4.90 Å². The van der Waals surface area contributed by atoms with Crippen LogP contribution in [0.5, 0.6) is 0 Å². The molecule has 0 fully saturated rings. The molecule has 2 aromatic heterocycles. The minimum atomic E-state index is -0.442. The van der Waals surface area contributed by atoms with Gasteiger partial charge in [-0.1, -0.05) is 35.9 Å². The number of fused-ring (bicyclic) bond motifs is 1. The van der Waals surface area contributed by atoms with Crippen molar-refractivity contribution in [2.45, 2.75) is 13.0 Å². The number of rotatable bonds is 7. The quantitative estimate of drug-likeness (QED) is 0.411. The normalized spacial score (nSPS) is 11.5. The standard InChI is InChI=1S/C24H20ClFN6O/c25-19-3-1-2-16(10-19)14-31(21-7-4-17(5-8-21)18(12-27)13-28)24(33)11-23-30-29-22-9-6-20(26)15-32(22)23/h1-10,12-13,15,27H,11,14,28H2/p+1/b18-13+,27-12?. The van der Waals surface area contributed by atoms with Crippen LogP contribution in [0.15, 0.2) is 73.1 Å². The summed E-state index contributed by atoms with van der Waals surface area (Å²) >= 11 is 6.14. The average molecular weight is 464 g/mol. The number of carbonyl (C=O) groups is 1. The Morgan fingerprint density at radius 3 is 2.64 bits per heavy atom. The number of nitrogens with zero attached hydrogens (tertiary/aromatic N) is 4. The van der Waals surface area contributed by atoms with Gasteiger partial charge in [-0.15, -0.1) is 10.2 Å². The Morgan fingerprint density at radius 2 is 1.94 bits per heavy atom. The molecule has 0 unspecified atom stereocenters. The van der Waals surface area contributed by atoms with Gasteiger partial charge in [0.25, 0.3) is 0 Å². The van der Waals surface area contributed by atoms with Crippen LogP contribution in [0.3, 0.4) is 0 Å². The van der Waals surface area contributed by atoms with Crippen molar-refractivity contribution in [3.05, 3.63) is 101 Å². The van der Waals surface area contributed by atoms with E-state index in [0.29, 0.717) is 27.8 Å². The Labute approximate surface area is 194 Å². The molecule has 9 heteroatoms. The molecule has 0 saturated carbocycles. The Kier molecular flexibility index (Phi) is 6.46. The molecule has 33 heavy (non-hydrogen) atoms. The topological polar surface area (TPSA) is 102 Å². The lowest BCUT2D eigenvalue weighted by Gasteiger charge is -2.23. The molecule has 7 nitrogen and oxygen atoms in total. The molecule has 0 atom stereocenters. The molecule has 4 aromatic rings. The third-order valence-corrected chi connectivity index (χ3v) is 5.38. The molecule has 1 amide bonds. The molecular weight excluding hydrogens is 443 g/mol. The Bertz CT molecular complexity index is 1350. The Hall–Kier alpha value is -4.04. The molecule has 0 bridgehead atoms. The molecule has 0 spiro atoms. The van der Waals surface area contributed by atoms with E-state index >= 15 is 0 Å². The number of allylic oxidation sites excluding steroid dienone is 1. The smallest absolute Gasteiger partial charge is 0.234 e. The molecular formula is C24H21ClFN6O+. The van der Waals surface area contributed by atoms with E-state index in [-0.39, 0.29) is 18.9 Å². The van der Waals surface area contributed by atoms with Gasteiger partial charge in [0.1, 0.15) is 11.6 Å². The summed E-state index contributed by atoms with van der Waals surface area (Å²) in [6.45, 7) is 0.284. The maximum atomic E-state index is 13.7. The molecule has 166 valence electrons. The van der Waals surface area contributed by atoms with E-state index in [9.17, 15) is 9.18 Å². The van der Waals surface area contributed by atoms with Crippen LogP contribution in [0, 0.1) is 5.82 Å². The van der Waals surface area contributed by atoms with Crippen LogP contribution < -0.4 is 16.0 Å². The van der Waals surface area contributed by atoms with Crippen molar-refractivity contribution in [3.8, 4) is 0 Å². The summed E-state index contributed by atoms with van der Waals surface area (Å²) in [5.41, 5.74) is 9.09. The predicted molar refractivity (Wildman–Crippen MR) is 126 cm³/mol. The zero-order valence-electron chi connectivity index (χ0n) is 17.5. The van der Waals surface area contributed by atoms with Gasteiger partial charge in [0.05, 0.1) is 18.5 Å². The summed E-state index contributed by atoms with van der Waals surface area (Å²) in [5.74, 6) is -0.336. The summed E-state index contributed by atoms with van der Waals surface area (Å²) in [6, 6.07) is 17.4. The van der Waals surface area contributed by atoms with Crippen molar-refractivity contribution < 1.29 is 14.6 Å². The number of pyridine rings is 1.